The van der Waals surface area contributed by atoms with E-state index in [2.05, 4.69) is 42.7 Å². The largest absolute Gasteiger partial charge is 0.465 e. The molecule has 1 spiro atoms. The van der Waals surface area contributed by atoms with Gasteiger partial charge in [-0.2, -0.15) is 0 Å². The summed E-state index contributed by atoms with van der Waals surface area (Å²) in [7, 11) is 2.10. The van der Waals surface area contributed by atoms with E-state index in [1.165, 1.54) is 18.2 Å². The number of ether oxygens (including phenoxy) is 1. The molecular weight excluding hydrogens is 563 g/mol. The van der Waals surface area contributed by atoms with Crippen LogP contribution in [0, 0.1) is 11.2 Å². The molecule has 42 heavy (non-hydrogen) atoms. The first-order valence-electron chi connectivity index (χ1n) is 13.9. The average Bonchev–Trinajstić information content (AvgIpc) is 3.35. The maximum Gasteiger partial charge on any atom is 0.306 e. The minimum atomic E-state index is -0.470. The lowest BCUT2D eigenvalue weighted by atomic mass is 9.79. The van der Waals surface area contributed by atoms with Crippen LogP contribution >= 0.6 is 11.6 Å². The van der Waals surface area contributed by atoms with Crippen molar-refractivity contribution in [3.63, 3.8) is 0 Å². The van der Waals surface area contributed by atoms with Gasteiger partial charge in [0.25, 0.3) is 0 Å². The van der Waals surface area contributed by atoms with E-state index in [1.807, 2.05) is 4.90 Å². The number of hydrogen-bond acceptors (Lipinski definition) is 10. The van der Waals surface area contributed by atoms with Gasteiger partial charge in [-0.1, -0.05) is 11.6 Å². The van der Waals surface area contributed by atoms with E-state index in [-0.39, 0.29) is 22.9 Å². The molecule has 3 aliphatic heterocycles. The molecule has 220 valence electrons. The van der Waals surface area contributed by atoms with Crippen LogP contribution in [0.1, 0.15) is 12.8 Å². The normalized spacial score (nSPS) is 18.5. The summed E-state index contributed by atoms with van der Waals surface area (Å²) in [4.78, 5) is 35.3. The van der Waals surface area contributed by atoms with Gasteiger partial charge in [-0.25, -0.2) is 9.37 Å². The molecule has 6 rings (SSSR count). The quantitative estimate of drug-likeness (QED) is 0.376. The number of esters is 1. The zero-order valence-corrected chi connectivity index (χ0v) is 24.0. The SMILES string of the molecule is CN1CCN(CCC(=O)Nc2cc(Nc3cc(-c4cc(Cl)ccc4F)nnc3N3CC4(COC(=O)C4)C3)ccn2)CC1. The van der Waals surface area contributed by atoms with Gasteiger partial charge in [0.1, 0.15) is 18.2 Å². The highest BCUT2D eigenvalue weighted by molar-refractivity contribution is 6.30. The molecule has 0 atom stereocenters. The van der Waals surface area contributed by atoms with Crippen molar-refractivity contribution in [3.05, 3.63) is 53.4 Å². The number of carbonyl (C=O) groups is 2. The molecule has 0 unspecified atom stereocenters. The Balaban J connectivity index is 1.19. The molecule has 0 radical (unpaired) electrons. The second-order valence-corrected chi connectivity index (χ2v) is 11.7. The number of nitrogens with zero attached hydrogens (tertiary/aromatic N) is 6. The van der Waals surface area contributed by atoms with E-state index < -0.39 is 5.82 Å². The van der Waals surface area contributed by atoms with Gasteiger partial charge in [0, 0.05) is 80.8 Å². The minimum absolute atomic E-state index is 0.109. The Kier molecular flexibility index (Phi) is 7.93. The van der Waals surface area contributed by atoms with Gasteiger partial charge >= 0.3 is 5.97 Å². The zero-order valence-electron chi connectivity index (χ0n) is 23.3. The number of cyclic esters (lactones) is 1. The second kappa shape index (κ2) is 11.8. The number of pyridine rings is 1. The summed E-state index contributed by atoms with van der Waals surface area (Å²) in [6, 6.07) is 9.49. The molecule has 2 aromatic heterocycles. The van der Waals surface area contributed by atoms with Crippen LogP contribution in [0.4, 0.5) is 27.4 Å². The van der Waals surface area contributed by atoms with Gasteiger partial charge in [-0.3, -0.25) is 9.59 Å². The van der Waals surface area contributed by atoms with Crippen molar-refractivity contribution in [3.8, 4) is 11.3 Å². The fourth-order valence-corrected chi connectivity index (χ4v) is 5.74. The molecule has 5 heterocycles. The van der Waals surface area contributed by atoms with E-state index in [9.17, 15) is 14.0 Å². The van der Waals surface area contributed by atoms with Gasteiger partial charge in [0.2, 0.25) is 5.91 Å². The predicted octanol–water partition coefficient (Wildman–Crippen LogP) is 3.40. The molecular formula is C29H32ClFN8O3. The molecule has 3 aliphatic rings. The van der Waals surface area contributed by atoms with Crippen molar-refractivity contribution in [2.24, 2.45) is 5.41 Å². The number of aromatic nitrogens is 3. The molecule has 0 bridgehead atoms. The lowest BCUT2D eigenvalue weighted by Crippen LogP contribution is -2.57. The number of piperazine rings is 1. The summed E-state index contributed by atoms with van der Waals surface area (Å²) >= 11 is 6.14. The Hall–Kier alpha value is -3.87. The molecule has 11 nitrogen and oxygen atoms in total. The van der Waals surface area contributed by atoms with Gasteiger partial charge in [-0.05, 0) is 37.4 Å². The smallest absolute Gasteiger partial charge is 0.306 e. The highest BCUT2D eigenvalue weighted by Crippen LogP contribution is 2.43. The maximum atomic E-state index is 14.7. The number of likely N-dealkylation sites (N-methyl/N-ethyl adjacent to an activating group) is 1. The van der Waals surface area contributed by atoms with Crippen molar-refractivity contribution in [2.45, 2.75) is 12.8 Å². The van der Waals surface area contributed by atoms with Crippen LogP contribution in [0.25, 0.3) is 11.3 Å². The lowest BCUT2D eigenvalue weighted by molar-refractivity contribution is -0.138. The first-order valence-corrected chi connectivity index (χ1v) is 14.3. The summed E-state index contributed by atoms with van der Waals surface area (Å²) in [6.07, 6.45) is 2.34. The number of hydrogen-bond donors (Lipinski definition) is 2. The molecule has 0 saturated carbocycles. The van der Waals surface area contributed by atoms with Crippen molar-refractivity contribution >= 4 is 46.5 Å². The van der Waals surface area contributed by atoms with E-state index in [1.54, 1.807) is 24.4 Å². The first-order chi connectivity index (χ1) is 20.2. The molecule has 3 aromatic rings. The Morgan fingerprint density at radius 2 is 1.93 bits per heavy atom. The summed E-state index contributed by atoms with van der Waals surface area (Å²) in [5, 5.41) is 15.4. The minimum Gasteiger partial charge on any atom is -0.465 e. The Morgan fingerprint density at radius 3 is 2.69 bits per heavy atom. The number of nitrogens with one attached hydrogen (secondary N) is 2. The first kappa shape index (κ1) is 28.3. The fourth-order valence-electron chi connectivity index (χ4n) is 5.56. The number of carbonyl (C=O) groups excluding carboxylic acids is 2. The van der Waals surface area contributed by atoms with E-state index >= 15 is 0 Å². The zero-order chi connectivity index (χ0) is 29.3. The van der Waals surface area contributed by atoms with Crippen LogP contribution in [0.15, 0.2) is 42.6 Å². The summed E-state index contributed by atoms with van der Waals surface area (Å²) < 4.78 is 19.9. The maximum absolute atomic E-state index is 14.7. The van der Waals surface area contributed by atoms with Crippen molar-refractivity contribution in [2.75, 3.05) is 75.0 Å². The molecule has 3 saturated heterocycles. The van der Waals surface area contributed by atoms with Crippen LogP contribution in [-0.4, -0.2) is 96.3 Å². The monoisotopic (exact) mass is 594 g/mol. The van der Waals surface area contributed by atoms with Gasteiger partial charge < -0.3 is 30.1 Å². The fraction of sp³-hybridized carbons (Fsp3) is 0.414. The third kappa shape index (κ3) is 6.30. The van der Waals surface area contributed by atoms with Crippen LogP contribution in [-0.2, 0) is 14.3 Å². The molecule has 0 aliphatic carbocycles. The van der Waals surface area contributed by atoms with Crippen molar-refractivity contribution in [1.29, 1.82) is 0 Å². The summed E-state index contributed by atoms with van der Waals surface area (Å²) in [6.45, 7) is 6.14. The Labute approximate surface area is 248 Å². The Morgan fingerprint density at radius 1 is 1.12 bits per heavy atom. The number of benzene rings is 1. The third-order valence-electron chi connectivity index (χ3n) is 7.95. The summed E-state index contributed by atoms with van der Waals surface area (Å²) in [5.74, 6) is 0.198. The second-order valence-electron chi connectivity index (χ2n) is 11.3. The highest BCUT2D eigenvalue weighted by atomic mass is 35.5. The van der Waals surface area contributed by atoms with E-state index in [4.69, 9.17) is 16.3 Å². The van der Waals surface area contributed by atoms with Crippen LogP contribution in [0.2, 0.25) is 5.02 Å². The van der Waals surface area contributed by atoms with Crippen LogP contribution in [0.5, 0.6) is 0 Å². The van der Waals surface area contributed by atoms with Crippen molar-refractivity contribution < 1.29 is 18.7 Å². The predicted molar refractivity (Wildman–Crippen MR) is 157 cm³/mol. The van der Waals surface area contributed by atoms with Crippen LogP contribution < -0.4 is 15.5 Å². The molecule has 1 aromatic carbocycles. The molecule has 3 fully saturated rings. The number of anilines is 4. The Bertz CT molecular complexity index is 1490. The van der Waals surface area contributed by atoms with E-state index in [0.29, 0.717) is 72.8 Å². The molecule has 2 N–H and O–H groups in total. The van der Waals surface area contributed by atoms with Gasteiger partial charge in [0.05, 0.1) is 23.2 Å². The topological polar surface area (TPSA) is 116 Å². The molecule has 13 heteroatoms. The standard InChI is InChI=1S/C29H32ClFN8O3/c1-37-8-10-38(11-9-37)7-5-26(40)34-25-13-20(4-6-32-25)33-24-14-23(21-12-19(30)2-3-22(21)31)35-36-28(24)39-16-29(17-39)15-27(41)42-18-29/h2-4,6,12-14H,5,7-11,15-18H2,1H3,(H2,32,33,34,35,40). The number of rotatable bonds is 8. The number of halogens is 2. The lowest BCUT2D eigenvalue weighted by Gasteiger charge is -2.47. The van der Waals surface area contributed by atoms with Gasteiger partial charge in [-0.15, -0.1) is 10.2 Å². The summed E-state index contributed by atoms with van der Waals surface area (Å²) in [5.41, 5.74) is 1.54. The number of amides is 1. The molecule has 1 amide bonds. The van der Waals surface area contributed by atoms with Gasteiger partial charge in [0.15, 0.2) is 5.82 Å². The van der Waals surface area contributed by atoms with Crippen molar-refractivity contribution in [1.82, 2.24) is 25.0 Å². The third-order valence-corrected chi connectivity index (χ3v) is 8.18. The van der Waals surface area contributed by atoms with E-state index in [0.717, 1.165) is 26.2 Å². The average molecular weight is 595 g/mol. The highest BCUT2D eigenvalue weighted by Gasteiger charge is 2.50. The van der Waals surface area contributed by atoms with Crippen LogP contribution in [0.3, 0.4) is 0 Å².